The minimum absolute atomic E-state index is 0.148. The number of benzene rings is 2. The van der Waals surface area contributed by atoms with Gasteiger partial charge in [-0.25, -0.2) is 4.68 Å². The van der Waals surface area contributed by atoms with E-state index in [9.17, 15) is 14.9 Å². The van der Waals surface area contributed by atoms with Crippen LogP contribution in [0.25, 0.3) is 5.69 Å². The van der Waals surface area contributed by atoms with Crippen molar-refractivity contribution in [1.29, 1.82) is 5.26 Å². The molecule has 0 unspecified atom stereocenters. The summed E-state index contributed by atoms with van der Waals surface area (Å²) in [5.74, 6) is -0.403. The van der Waals surface area contributed by atoms with E-state index in [4.69, 9.17) is 17.3 Å². The molecule has 31 heavy (non-hydrogen) atoms. The highest BCUT2D eigenvalue weighted by Gasteiger charge is 2.16. The van der Waals surface area contributed by atoms with Crippen LogP contribution in [0.15, 0.2) is 54.6 Å². The molecule has 0 aliphatic heterocycles. The number of aromatic nitrogens is 2. The third kappa shape index (κ3) is 5.62. The molecule has 0 atom stereocenters. The molecule has 8 nitrogen and oxygen atoms in total. The molecule has 0 radical (unpaired) electrons. The number of carbonyl (C=O) groups excluding carboxylic acids is 2. The highest BCUT2D eigenvalue weighted by molar-refractivity contribution is 6.30. The van der Waals surface area contributed by atoms with Gasteiger partial charge in [0, 0.05) is 17.1 Å². The fourth-order valence-electron chi connectivity index (χ4n) is 2.98. The molecule has 4 N–H and O–H groups in total. The molecule has 3 rings (SSSR count). The molecule has 2 amide bonds. The number of nitrogens with one attached hydrogen (secondary N) is 2. The predicted octanol–water partition coefficient (Wildman–Crippen LogP) is 2.46. The maximum absolute atomic E-state index is 12.0. The minimum Gasteiger partial charge on any atom is -0.382 e. The maximum atomic E-state index is 12.0. The van der Waals surface area contributed by atoms with Crippen molar-refractivity contribution < 1.29 is 9.59 Å². The summed E-state index contributed by atoms with van der Waals surface area (Å²) in [5.41, 5.74) is 8.15. The number of anilines is 1. The molecule has 0 aliphatic rings. The summed E-state index contributed by atoms with van der Waals surface area (Å²) in [6.07, 6.45) is 1.04. The van der Waals surface area contributed by atoms with E-state index in [0.29, 0.717) is 41.2 Å². The van der Waals surface area contributed by atoms with E-state index >= 15 is 0 Å². The van der Waals surface area contributed by atoms with Crippen molar-refractivity contribution in [2.24, 2.45) is 0 Å². The Labute approximate surface area is 184 Å². The van der Waals surface area contributed by atoms with Crippen molar-refractivity contribution >= 4 is 29.2 Å². The number of para-hydroxylation sites is 1. The number of rotatable bonds is 8. The highest BCUT2D eigenvalue weighted by atomic mass is 35.5. The monoisotopic (exact) mass is 436 g/mol. The number of nitrogens with zero attached hydrogens (tertiary/aromatic N) is 3. The van der Waals surface area contributed by atoms with Gasteiger partial charge in [-0.05, 0) is 43.2 Å². The lowest BCUT2D eigenvalue weighted by Gasteiger charge is -2.07. The predicted molar refractivity (Wildman–Crippen MR) is 118 cm³/mol. The van der Waals surface area contributed by atoms with Gasteiger partial charge >= 0.3 is 0 Å². The summed E-state index contributed by atoms with van der Waals surface area (Å²) in [4.78, 5) is 24.0. The number of nitriles is 1. The number of aryl methyl sites for hydroxylation is 1. The minimum atomic E-state index is -0.377. The number of hydrogen-bond donors (Lipinski definition) is 3. The molecule has 3 aromatic rings. The highest BCUT2D eigenvalue weighted by Crippen LogP contribution is 2.21. The van der Waals surface area contributed by atoms with E-state index in [-0.39, 0.29) is 24.2 Å². The van der Waals surface area contributed by atoms with Crippen LogP contribution in [-0.2, 0) is 11.2 Å². The molecule has 0 saturated carbocycles. The molecule has 0 bridgehead atoms. The normalized spacial score (nSPS) is 10.3. The Morgan fingerprint density at radius 1 is 1.13 bits per heavy atom. The third-order valence-electron chi connectivity index (χ3n) is 4.52. The number of hydrogen-bond acceptors (Lipinski definition) is 5. The maximum Gasteiger partial charge on any atom is 0.251 e. The second-order valence-corrected chi connectivity index (χ2v) is 7.15. The van der Waals surface area contributed by atoms with Crippen LogP contribution in [0.3, 0.4) is 0 Å². The molecule has 9 heteroatoms. The SMILES string of the molecule is N#Cc1c(CCCNC(=O)CNC(=O)c2cccc(Cl)c2)nn(-c2ccccc2)c1N. The van der Waals surface area contributed by atoms with Gasteiger partial charge in [-0.2, -0.15) is 10.4 Å². The van der Waals surface area contributed by atoms with Gasteiger partial charge in [-0.15, -0.1) is 0 Å². The fraction of sp³-hybridized carbons (Fsp3) is 0.182. The van der Waals surface area contributed by atoms with Gasteiger partial charge in [0.25, 0.3) is 5.91 Å². The Hall–Kier alpha value is -3.83. The van der Waals surface area contributed by atoms with Gasteiger partial charge in [-0.1, -0.05) is 35.9 Å². The molecule has 2 aromatic carbocycles. The zero-order valence-electron chi connectivity index (χ0n) is 16.6. The van der Waals surface area contributed by atoms with Crippen LogP contribution in [0, 0.1) is 11.3 Å². The van der Waals surface area contributed by atoms with E-state index in [1.807, 2.05) is 30.3 Å². The van der Waals surface area contributed by atoms with Crippen LogP contribution in [0.4, 0.5) is 5.82 Å². The average molecular weight is 437 g/mol. The van der Waals surface area contributed by atoms with Crippen molar-refractivity contribution in [2.45, 2.75) is 12.8 Å². The molecule has 0 spiro atoms. The van der Waals surface area contributed by atoms with Crippen molar-refractivity contribution in [3.05, 3.63) is 76.4 Å². The smallest absolute Gasteiger partial charge is 0.251 e. The van der Waals surface area contributed by atoms with E-state index in [1.165, 1.54) is 10.7 Å². The van der Waals surface area contributed by atoms with Gasteiger partial charge in [0.1, 0.15) is 17.5 Å². The quantitative estimate of drug-likeness (QED) is 0.467. The summed E-state index contributed by atoms with van der Waals surface area (Å²) < 4.78 is 1.54. The Morgan fingerprint density at radius 3 is 2.61 bits per heavy atom. The van der Waals surface area contributed by atoms with Crippen LogP contribution in [-0.4, -0.2) is 34.7 Å². The first kappa shape index (κ1) is 21.9. The summed E-state index contributed by atoms with van der Waals surface area (Å²) in [7, 11) is 0. The average Bonchev–Trinajstić information content (AvgIpc) is 3.10. The molecule has 0 fully saturated rings. The van der Waals surface area contributed by atoms with Crippen LogP contribution in [0.5, 0.6) is 0 Å². The topological polar surface area (TPSA) is 126 Å². The van der Waals surface area contributed by atoms with Crippen molar-refractivity contribution in [2.75, 3.05) is 18.8 Å². The number of amides is 2. The second-order valence-electron chi connectivity index (χ2n) is 6.71. The molecule has 0 aliphatic carbocycles. The first-order valence-electron chi connectivity index (χ1n) is 9.63. The number of carbonyl (C=O) groups is 2. The van der Waals surface area contributed by atoms with Crippen LogP contribution in [0.1, 0.15) is 28.0 Å². The van der Waals surface area contributed by atoms with Crippen molar-refractivity contribution in [3.8, 4) is 11.8 Å². The summed E-state index contributed by atoms with van der Waals surface area (Å²) in [6, 6.07) is 17.9. The molecular weight excluding hydrogens is 416 g/mol. The molecule has 1 heterocycles. The van der Waals surface area contributed by atoms with Gasteiger partial charge in [0.15, 0.2) is 0 Å². The Morgan fingerprint density at radius 2 is 1.90 bits per heavy atom. The zero-order chi connectivity index (χ0) is 22.2. The van der Waals surface area contributed by atoms with Gasteiger partial charge < -0.3 is 16.4 Å². The first-order valence-corrected chi connectivity index (χ1v) is 10.0. The van der Waals surface area contributed by atoms with E-state index in [1.54, 1.807) is 18.2 Å². The Kier molecular flexibility index (Phi) is 7.25. The number of nitrogens with two attached hydrogens (primary N) is 1. The van der Waals surface area contributed by atoms with Crippen molar-refractivity contribution in [1.82, 2.24) is 20.4 Å². The van der Waals surface area contributed by atoms with Gasteiger partial charge in [0.05, 0.1) is 17.9 Å². The summed E-state index contributed by atoms with van der Waals surface area (Å²) in [5, 5.41) is 19.6. The molecule has 1 aromatic heterocycles. The lowest BCUT2D eigenvalue weighted by atomic mass is 10.1. The lowest BCUT2D eigenvalue weighted by molar-refractivity contribution is -0.120. The third-order valence-corrected chi connectivity index (χ3v) is 4.75. The van der Waals surface area contributed by atoms with E-state index in [2.05, 4.69) is 21.8 Å². The largest absolute Gasteiger partial charge is 0.382 e. The Bertz CT molecular complexity index is 1120. The van der Waals surface area contributed by atoms with E-state index < -0.39 is 0 Å². The summed E-state index contributed by atoms with van der Waals surface area (Å²) >= 11 is 5.86. The molecular formula is C22H21ClN6O2. The fourth-order valence-corrected chi connectivity index (χ4v) is 3.17. The summed E-state index contributed by atoms with van der Waals surface area (Å²) in [6.45, 7) is 0.221. The van der Waals surface area contributed by atoms with E-state index in [0.717, 1.165) is 5.69 Å². The zero-order valence-corrected chi connectivity index (χ0v) is 17.4. The standard InChI is InChI=1S/C22H21ClN6O2/c23-16-7-4-6-15(12-16)22(31)27-14-20(30)26-11-5-10-19-18(13-24)21(25)29(28-19)17-8-2-1-3-9-17/h1-4,6-9,12H,5,10-11,14,25H2,(H,26,30)(H,27,31). The number of nitrogen functional groups attached to an aromatic ring is 1. The lowest BCUT2D eigenvalue weighted by Crippen LogP contribution is -2.37. The Balaban J connectivity index is 1.48. The van der Waals surface area contributed by atoms with Crippen LogP contribution in [0.2, 0.25) is 5.02 Å². The van der Waals surface area contributed by atoms with Gasteiger partial charge in [0.2, 0.25) is 5.91 Å². The molecule has 158 valence electrons. The van der Waals surface area contributed by atoms with Gasteiger partial charge in [-0.3, -0.25) is 9.59 Å². The number of halogens is 1. The van der Waals surface area contributed by atoms with Crippen LogP contribution >= 0.6 is 11.6 Å². The van der Waals surface area contributed by atoms with Crippen LogP contribution < -0.4 is 16.4 Å². The second kappa shape index (κ2) is 10.3. The van der Waals surface area contributed by atoms with Crippen molar-refractivity contribution in [3.63, 3.8) is 0 Å². The first-order chi connectivity index (χ1) is 15.0. The molecule has 0 saturated heterocycles.